The number of hydrogen-bond acceptors (Lipinski definition) is 3. The van der Waals surface area contributed by atoms with Crippen molar-refractivity contribution in [3.8, 4) is 6.07 Å². The van der Waals surface area contributed by atoms with Crippen LogP contribution in [0.4, 0.5) is 0 Å². The molecule has 1 atom stereocenters. The molecule has 0 aromatic heterocycles. The van der Waals surface area contributed by atoms with Crippen molar-refractivity contribution in [2.45, 2.75) is 38.2 Å². The highest BCUT2D eigenvalue weighted by atomic mass is 16.5. The summed E-state index contributed by atoms with van der Waals surface area (Å²) in [7, 11) is 0. The van der Waals surface area contributed by atoms with Crippen molar-refractivity contribution in [2.75, 3.05) is 19.7 Å². The van der Waals surface area contributed by atoms with E-state index in [2.05, 4.69) is 6.07 Å². The maximum atomic E-state index is 11.5. The van der Waals surface area contributed by atoms with Crippen molar-refractivity contribution in [3.63, 3.8) is 0 Å². The maximum Gasteiger partial charge on any atom is 0.224 e. The molecule has 0 radical (unpaired) electrons. The summed E-state index contributed by atoms with van der Waals surface area (Å²) in [4.78, 5) is 13.2. The quantitative estimate of drug-likeness (QED) is 0.720. The van der Waals surface area contributed by atoms with Gasteiger partial charge in [0.25, 0.3) is 0 Å². The SMILES string of the molecule is N#CC1CC(=O)N(CCOC2CCCC2)C1. The van der Waals surface area contributed by atoms with Crippen LogP contribution in [0.3, 0.4) is 0 Å². The molecule has 88 valence electrons. The molecule has 4 heteroatoms. The maximum absolute atomic E-state index is 11.5. The number of amides is 1. The summed E-state index contributed by atoms with van der Waals surface area (Å²) in [5.41, 5.74) is 0. The Kier molecular flexibility index (Phi) is 3.79. The van der Waals surface area contributed by atoms with Crippen molar-refractivity contribution in [3.05, 3.63) is 0 Å². The fraction of sp³-hybridized carbons (Fsp3) is 0.833. The number of nitriles is 1. The van der Waals surface area contributed by atoms with Gasteiger partial charge in [-0.25, -0.2) is 0 Å². The van der Waals surface area contributed by atoms with Gasteiger partial charge in [-0.3, -0.25) is 4.79 Å². The van der Waals surface area contributed by atoms with Crippen molar-refractivity contribution in [2.24, 2.45) is 5.92 Å². The average molecular weight is 222 g/mol. The van der Waals surface area contributed by atoms with Gasteiger partial charge in [0.15, 0.2) is 0 Å². The fourth-order valence-corrected chi connectivity index (χ4v) is 2.46. The molecule has 1 heterocycles. The molecule has 16 heavy (non-hydrogen) atoms. The lowest BCUT2D eigenvalue weighted by Crippen LogP contribution is -2.30. The van der Waals surface area contributed by atoms with Crippen molar-refractivity contribution in [1.82, 2.24) is 4.90 Å². The molecule has 1 amide bonds. The van der Waals surface area contributed by atoms with Crippen molar-refractivity contribution < 1.29 is 9.53 Å². The zero-order valence-electron chi connectivity index (χ0n) is 9.52. The number of hydrogen-bond donors (Lipinski definition) is 0. The number of rotatable bonds is 4. The van der Waals surface area contributed by atoms with Crippen molar-refractivity contribution in [1.29, 1.82) is 5.26 Å². The van der Waals surface area contributed by atoms with Gasteiger partial charge < -0.3 is 9.64 Å². The lowest BCUT2D eigenvalue weighted by atomic mass is 10.1. The van der Waals surface area contributed by atoms with Crippen LogP contribution < -0.4 is 0 Å². The first-order chi connectivity index (χ1) is 7.79. The van der Waals surface area contributed by atoms with Gasteiger partial charge in [-0.1, -0.05) is 12.8 Å². The van der Waals surface area contributed by atoms with E-state index in [4.69, 9.17) is 10.00 Å². The predicted octanol–water partition coefficient (Wildman–Crippen LogP) is 1.32. The van der Waals surface area contributed by atoms with E-state index in [1.165, 1.54) is 12.8 Å². The van der Waals surface area contributed by atoms with E-state index in [1.807, 2.05) is 0 Å². The van der Waals surface area contributed by atoms with E-state index in [1.54, 1.807) is 4.90 Å². The molecule has 2 aliphatic rings. The van der Waals surface area contributed by atoms with Gasteiger partial charge >= 0.3 is 0 Å². The predicted molar refractivity (Wildman–Crippen MR) is 58.5 cm³/mol. The average Bonchev–Trinajstić information content (AvgIpc) is 2.89. The molecule has 0 aromatic carbocycles. The minimum Gasteiger partial charge on any atom is -0.376 e. The molecule has 2 rings (SSSR count). The highest BCUT2D eigenvalue weighted by Crippen LogP contribution is 2.21. The molecule has 0 bridgehead atoms. The van der Waals surface area contributed by atoms with E-state index in [9.17, 15) is 4.79 Å². The van der Waals surface area contributed by atoms with Crippen LogP contribution in [0, 0.1) is 17.2 Å². The Morgan fingerprint density at radius 1 is 1.44 bits per heavy atom. The smallest absolute Gasteiger partial charge is 0.224 e. The summed E-state index contributed by atoms with van der Waals surface area (Å²) in [5.74, 6) is -0.0134. The Hall–Kier alpha value is -1.08. The standard InChI is InChI=1S/C12H18N2O2/c13-8-10-7-12(15)14(9-10)5-6-16-11-3-1-2-4-11/h10-11H,1-7,9H2. The van der Waals surface area contributed by atoms with Gasteiger partial charge in [-0.15, -0.1) is 0 Å². The zero-order valence-corrected chi connectivity index (χ0v) is 9.52. The van der Waals surface area contributed by atoms with Crippen LogP contribution in [-0.4, -0.2) is 36.6 Å². The molecule has 0 aromatic rings. The van der Waals surface area contributed by atoms with E-state index in [0.29, 0.717) is 32.2 Å². The molecule has 1 aliphatic carbocycles. The Bertz CT molecular complexity index is 292. The first kappa shape index (κ1) is 11.4. The number of nitrogens with zero attached hydrogens (tertiary/aromatic N) is 2. The molecule has 4 nitrogen and oxygen atoms in total. The number of carbonyl (C=O) groups excluding carboxylic acids is 1. The van der Waals surface area contributed by atoms with Gasteiger partial charge in [-0.05, 0) is 12.8 Å². The van der Waals surface area contributed by atoms with Crippen LogP contribution in [0.5, 0.6) is 0 Å². The van der Waals surface area contributed by atoms with E-state index in [0.717, 1.165) is 12.8 Å². The topological polar surface area (TPSA) is 53.3 Å². The lowest BCUT2D eigenvalue weighted by molar-refractivity contribution is -0.128. The molecule has 2 fully saturated rings. The molecule has 1 aliphatic heterocycles. The van der Waals surface area contributed by atoms with Gasteiger partial charge in [-0.2, -0.15) is 5.26 Å². The molecular formula is C12H18N2O2. The summed E-state index contributed by atoms with van der Waals surface area (Å²) in [6.45, 7) is 1.85. The first-order valence-corrected chi connectivity index (χ1v) is 6.08. The first-order valence-electron chi connectivity index (χ1n) is 6.08. The van der Waals surface area contributed by atoms with Crippen LogP contribution in [0.25, 0.3) is 0 Å². The van der Waals surface area contributed by atoms with Crippen molar-refractivity contribution >= 4 is 5.91 Å². The van der Waals surface area contributed by atoms with Crippen LogP contribution in [0.2, 0.25) is 0 Å². The zero-order chi connectivity index (χ0) is 11.4. The summed E-state index contributed by atoms with van der Waals surface area (Å²) in [5, 5.41) is 8.74. The second-order valence-electron chi connectivity index (χ2n) is 4.65. The monoisotopic (exact) mass is 222 g/mol. The minimum atomic E-state index is -0.112. The second kappa shape index (κ2) is 5.31. The molecule has 0 N–H and O–H groups in total. The van der Waals surface area contributed by atoms with Crippen LogP contribution in [0.1, 0.15) is 32.1 Å². The van der Waals surface area contributed by atoms with E-state index in [-0.39, 0.29) is 11.8 Å². The fourth-order valence-electron chi connectivity index (χ4n) is 2.46. The van der Waals surface area contributed by atoms with Crippen LogP contribution >= 0.6 is 0 Å². The highest BCUT2D eigenvalue weighted by molar-refractivity contribution is 5.79. The van der Waals surface area contributed by atoms with Crippen LogP contribution in [-0.2, 0) is 9.53 Å². The number of likely N-dealkylation sites (tertiary alicyclic amines) is 1. The molecule has 0 spiro atoms. The summed E-state index contributed by atoms with van der Waals surface area (Å²) < 4.78 is 5.71. The Morgan fingerprint density at radius 3 is 2.81 bits per heavy atom. The molecule has 1 unspecified atom stereocenters. The lowest BCUT2D eigenvalue weighted by Gasteiger charge is -2.17. The van der Waals surface area contributed by atoms with Gasteiger partial charge in [0.05, 0.1) is 24.7 Å². The highest BCUT2D eigenvalue weighted by Gasteiger charge is 2.29. The number of ether oxygens (including phenoxy) is 1. The Balaban J connectivity index is 1.66. The van der Waals surface area contributed by atoms with Gasteiger partial charge in [0.1, 0.15) is 0 Å². The Morgan fingerprint density at radius 2 is 2.19 bits per heavy atom. The molecule has 1 saturated heterocycles. The summed E-state index contributed by atoms with van der Waals surface area (Å²) >= 11 is 0. The van der Waals surface area contributed by atoms with E-state index >= 15 is 0 Å². The second-order valence-corrected chi connectivity index (χ2v) is 4.65. The van der Waals surface area contributed by atoms with Gasteiger partial charge in [0.2, 0.25) is 5.91 Å². The number of carbonyl (C=O) groups is 1. The third-order valence-corrected chi connectivity index (χ3v) is 3.41. The molecule has 1 saturated carbocycles. The minimum absolute atomic E-state index is 0.0987. The third-order valence-electron chi connectivity index (χ3n) is 3.41. The third kappa shape index (κ3) is 2.73. The Labute approximate surface area is 96.2 Å². The normalized spacial score (nSPS) is 26.3. The molecular weight excluding hydrogens is 204 g/mol. The van der Waals surface area contributed by atoms with Crippen LogP contribution in [0.15, 0.2) is 0 Å². The largest absolute Gasteiger partial charge is 0.376 e. The van der Waals surface area contributed by atoms with E-state index < -0.39 is 0 Å². The van der Waals surface area contributed by atoms with Gasteiger partial charge in [0, 0.05) is 19.5 Å². The summed E-state index contributed by atoms with van der Waals surface area (Å²) in [6, 6.07) is 2.15. The summed E-state index contributed by atoms with van der Waals surface area (Å²) in [6.07, 6.45) is 5.65.